The van der Waals surface area contributed by atoms with Crippen molar-refractivity contribution in [1.82, 2.24) is 15.6 Å². The van der Waals surface area contributed by atoms with Crippen molar-refractivity contribution in [3.05, 3.63) is 23.0 Å². The third-order valence-electron chi connectivity index (χ3n) is 2.84. The fraction of sp³-hybridized carbons (Fsp3) is 0.545. The highest BCUT2D eigenvalue weighted by Gasteiger charge is 2.14. The second-order valence-electron chi connectivity index (χ2n) is 4.15. The van der Waals surface area contributed by atoms with E-state index in [2.05, 4.69) is 15.6 Å². The molecule has 3 N–H and O–H groups in total. The Balaban J connectivity index is 1.79. The zero-order chi connectivity index (χ0) is 11.4. The quantitative estimate of drug-likeness (QED) is 0.749. The molecular weight excluding hydrogens is 226 g/mol. The van der Waals surface area contributed by atoms with Gasteiger partial charge in [-0.05, 0) is 37.9 Å². The van der Waals surface area contributed by atoms with E-state index in [1.54, 1.807) is 12.3 Å². The van der Waals surface area contributed by atoms with E-state index < -0.39 is 0 Å². The predicted molar refractivity (Wildman–Crippen MR) is 63.7 cm³/mol. The standard InChI is InChI=1S/C11H16ClN3O/c12-9-4-10(14-7-9)11(16)15-6-8-2-1-3-13-5-8/h4,7-8,13-14H,1-3,5-6H2,(H,15,16). The molecule has 1 aliphatic rings. The van der Waals surface area contributed by atoms with Gasteiger partial charge in [0.2, 0.25) is 0 Å². The molecule has 1 aromatic rings. The van der Waals surface area contributed by atoms with Crippen LogP contribution in [-0.2, 0) is 0 Å². The number of aromatic amines is 1. The van der Waals surface area contributed by atoms with Crippen molar-refractivity contribution in [2.75, 3.05) is 19.6 Å². The Morgan fingerprint density at radius 3 is 3.12 bits per heavy atom. The zero-order valence-electron chi connectivity index (χ0n) is 9.05. The number of hydrogen-bond donors (Lipinski definition) is 3. The van der Waals surface area contributed by atoms with Gasteiger partial charge in [-0.15, -0.1) is 0 Å². The van der Waals surface area contributed by atoms with Crippen LogP contribution in [0.1, 0.15) is 23.3 Å². The molecule has 1 atom stereocenters. The van der Waals surface area contributed by atoms with Gasteiger partial charge in [-0.1, -0.05) is 11.6 Å². The molecule has 2 rings (SSSR count). The van der Waals surface area contributed by atoms with Gasteiger partial charge in [-0.3, -0.25) is 4.79 Å². The van der Waals surface area contributed by atoms with Crippen molar-refractivity contribution in [3.63, 3.8) is 0 Å². The first-order valence-electron chi connectivity index (χ1n) is 5.58. The Morgan fingerprint density at radius 2 is 2.50 bits per heavy atom. The first-order chi connectivity index (χ1) is 7.75. The van der Waals surface area contributed by atoms with Gasteiger partial charge in [-0.25, -0.2) is 0 Å². The summed E-state index contributed by atoms with van der Waals surface area (Å²) in [6.07, 6.45) is 3.98. The number of nitrogens with one attached hydrogen (secondary N) is 3. The largest absolute Gasteiger partial charge is 0.356 e. The highest BCUT2D eigenvalue weighted by Crippen LogP contribution is 2.11. The van der Waals surface area contributed by atoms with Crippen LogP contribution in [0.3, 0.4) is 0 Å². The normalized spacial score (nSPS) is 20.7. The molecule has 88 valence electrons. The molecule has 1 amide bonds. The molecule has 0 spiro atoms. The minimum Gasteiger partial charge on any atom is -0.356 e. The highest BCUT2D eigenvalue weighted by molar-refractivity contribution is 6.30. The number of amides is 1. The molecule has 1 saturated heterocycles. The van der Waals surface area contributed by atoms with Gasteiger partial charge in [0.05, 0.1) is 5.02 Å². The topological polar surface area (TPSA) is 56.9 Å². The van der Waals surface area contributed by atoms with Crippen molar-refractivity contribution >= 4 is 17.5 Å². The smallest absolute Gasteiger partial charge is 0.267 e. The monoisotopic (exact) mass is 241 g/mol. The van der Waals surface area contributed by atoms with E-state index in [9.17, 15) is 4.79 Å². The third kappa shape index (κ3) is 3.00. The Hall–Kier alpha value is -1.00. The van der Waals surface area contributed by atoms with Gasteiger partial charge < -0.3 is 15.6 Å². The maximum Gasteiger partial charge on any atom is 0.267 e. The Bertz CT molecular complexity index is 358. The Kier molecular flexibility index (Phi) is 3.85. The van der Waals surface area contributed by atoms with Crippen LogP contribution in [-0.4, -0.2) is 30.5 Å². The molecule has 1 aliphatic heterocycles. The van der Waals surface area contributed by atoms with Gasteiger partial charge in [0.1, 0.15) is 5.69 Å². The first-order valence-corrected chi connectivity index (χ1v) is 5.96. The minimum absolute atomic E-state index is 0.0857. The highest BCUT2D eigenvalue weighted by atomic mass is 35.5. The summed E-state index contributed by atoms with van der Waals surface area (Å²) in [4.78, 5) is 14.5. The molecule has 1 fully saturated rings. The predicted octanol–water partition coefficient (Wildman–Crippen LogP) is 1.40. The summed E-state index contributed by atoms with van der Waals surface area (Å²) in [6, 6.07) is 1.63. The van der Waals surface area contributed by atoms with Crippen molar-refractivity contribution in [2.24, 2.45) is 5.92 Å². The molecule has 0 saturated carbocycles. The molecule has 1 unspecified atom stereocenters. The SMILES string of the molecule is O=C(NCC1CCCNC1)c1cc(Cl)c[nH]1. The van der Waals surface area contributed by atoms with Crippen LogP contribution in [0.5, 0.6) is 0 Å². The summed E-state index contributed by atoms with van der Waals surface area (Å²) in [5, 5.41) is 6.80. The van der Waals surface area contributed by atoms with E-state index in [4.69, 9.17) is 11.6 Å². The van der Waals surface area contributed by atoms with Gasteiger partial charge in [0.25, 0.3) is 5.91 Å². The van der Waals surface area contributed by atoms with Crippen molar-refractivity contribution in [1.29, 1.82) is 0 Å². The molecule has 0 aliphatic carbocycles. The molecule has 0 radical (unpaired) electrons. The van der Waals surface area contributed by atoms with Crippen LogP contribution in [0.4, 0.5) is 0 Å². The number of rotatable bonds is 3. The number of hydrogen-bond acceptors (Lipinski definition) is 2. The van der Waals surface area contributed by atoms with Crippen LogP contribution in [0, 0.1) is 5.92 Å². The molecular formula is C11H16ClN3O. The van der Waals surface area contributed by atoms with E-state index >= 15 is 0 Å². The molecule has 4 nitrogen and oxygen atoms in total. The van der Waals surface area contributed by atoms with Gasteiger partial charge in [-0.2, -0.15) is 0 Å². The summed E-state index contributed by atoms with van der Waals surface area (Å²) >= 11 is 5.73. The summed E-state index contributed by atoms with van der Waals surface area (Å²) in [5.74, 6) is 0.459. The average Bonchev–Trinajstić information content (AvgIpc) is 2.74. The Morgan fingerprint density at radius 1 is 1.62 bits per heavy atom. The number of H-pyrrole nitrogens is 1. The maximum absolute atomic E-state index is 11.7. The van der Waals surface area contributed by atoms with Crippen molar-refractivity contribution < 1.29 is 4.79 Å². The molecule has 0 aromatic carbocycles. The van der Waals surface area contributed by atoms with E-state index in [1.165, 1.54) is 12.8 Å². The third-order valence-corrected chi connectivity index (χ3v) is 3.06. The second kappa shape index (κ2) is 5.37. The fourth-order valence-electron chi connectivity index (χ4n) is 1.93. The van der Waals surface area contributed by atoms with Crippen LogP contribution >= 0.6 is 11.6 Å². The second-order valence-corrected chi connectivity index (χ2v) is 4.59. The fourth-order valence-corrected chi connectivity index (χ4v) is 2.09. The average molecular weight is 242 g/mol. The molecule has 2 heterocycles. The number of carbonyl (C=O) groups is 1. The maximum atomic E-state index is 11.7. The van der Waals surface area contributed by atoms with Crippen LogP contribution < -0.4 is 10.6 Å². The number of carbonyl (C=O) groups excluding carboxylic acids is 1. The molecule has 1 aromatic heterocycles. The summed E-state index contributed by atoms with van der Waals surface area (Å²) < 4.78 is 0. The summed E-state index contributed by atoms with van der Waals surface area (Å²) in [7, 11) is 0. The van der Waals surface area contributed by atoms with Crippen LogP contribution in [0.2, 0.25) is 5.02 Å². The Labute approximate surface area is 99.8 Å². The van der Waals surface area contributed by atoms with Crippen molar-refractivity contribution in [3.8, 4) is 0 Å². The van der Waals surface area contributed by atoms with E-state index in [0.29, 0.717) is 16.6 Å². The summed E-state index contributed by atoms with van der Waals surface area (Å²) in [6.45, 7) is 2.81. The summed E-state index contributed by atoms with van der Waals surface area (Å²) in [5.41, 5.74) is 0.522. The van der Waals surface area contributed by atoms with Crippen molar-refractivity contribution in [2.45, 2.75) is 12.8 Å². The lowest BCUT2D eigenvalue weighted by Gasteiger charge is -2.22. The molecule has 0 bridgehead atoms. The first kappa shape index (κ1) is 11.5. The minimum atomic E-state index is -0.0857. The van der Waals surface area contributed by atoms with Crippen LogP contribution in [0.25, 0.3) is 0 Å². The number of halogens is 1. The lowest BCUT2D eigenvalue weighted by Crippen LogP contribution is -2.38. The van der Waals surface area contributed by atoms with Crippen LogP contribution in [0.15, 0.2) is 12.3 Å². The van der Waals surface area contributed by atoms with E-state index in [-0.39, 0.29) is 5.91 Å². The lowest BCUT2D eigenvalue weighted by molar-refractivity contribution is 0.0940. The van der Waals surface area contributed by atoms with Gasteiger partial charge in [0.15, 0.2) is 0 Å². The molecule has 5 heteroatoms. The lowest BCUT2D eigenvalue weighted by atomic mass is 10.00. The number of piperidine rings is 1. The van der Waals surface area contributed by atoms with Gasteiger partial charge in [0, 0.05) is 12.7 Å². The van der Waals surface area contributed by atoms with Gasteiger partial charge >= 0.3 is 0 Å². The zero-order valence-corrected chi connectivity index (χ0v) is 9.81. The van der Waals surface area contributed by atoms with E-state index in [1.807, 2.05) is 0 Å². The van der Waals surface area contributed by atoms with E-state index in [0.717, 1.165) is 19.6 Å². The number of aromatic nitrogens is 1. The molecule has 16 heavy (non-hydrogen) atoms.